The van der Waals surface area contributed by atoms with E-state index in [0.717, 1.165) is 23.7 Å². The van der Waals surface area contributed by atoms with E-state index in [-0.39, 0.29) is 0 Å². The minimum absolute atomic E-state index is 0.851. The van der Waals surface area contributed by atoms with Gasteiger partial charge < -0.3 is 0 Å². The molecule has 0 aromatic rings. The maximum atomic E-state index is 2.42. The molecule has 0 heterocycles. The topological polar surface area (TPSA) is 0 Å². The summed E-state index contributed by atoms with van der Waals surface area (Å²) in [6.07, 6.45) is 12.5. The van der Waals surface area contributed by atoms with Gasteiger partial charge in [0.25, 0.3) is 0 Å². The molecule has 2 rings (SSSR count). The van der Waals surface area contributed by atoms with Crippen LogP contribution in [-0.2, 0) is 0 Å². The minimum atomic E-state index is 0.851. The number of hydrogen-bond donors (Lipinski definition) is 0. The van der Waals surface area contributed by atoms with E-state index in [2.05, 4.69) is 39.0 Å². The maximum absolute atomic E-state index is 2.42. The van der Waals surface area contributed by atoms with Crippen LogP contribution in [-0.4, -0.2) is 0 Å². The minimum Gasteiger partial charge on any atom is -0.0805 e. The molecule has 15 heavy (non-hydrogen) atoms. The van der Waals surface area contributed by atoms with E-state index in [4.69, 9.17) is 0 Å². The van der Waals surface area contributed by atoms with Crippen LogP contribution < -0.4 is 0 Å². The highest BCUT2D eigenvalue weighted by Crippen LogP contribution is 2.43. The molecular formula is C15H24. The van der Waals surface area contributed by atoms with Gasteiger partial charge in [-0.2, -0.15) is 0 Å². The number of hydrogen-bond acceptors (Lipinski definition) is 0. The predicted molar refractivity (Wildman–Crippen MR) is 66.7 cm³/mol. The molecule has 1 fully saturated rings. The van der Waals surface area contributed by atoms with Crippen LogP contribution in [0.4, 0.5) is 0 Å². The zero-order chi connectivity index (χ0) is 10.8. The number of rotatable bonds is 2. The predicted octanol–water partition coefficient (Wildman–Crippen LogP) is 4.58. The Morgan fingerprint density at radius 3 is 2.67 bits per heavy atom. The van der Waals surface area contributed by atoms with E-state index < -0.39 is 0 Å². The summed E-state index contributed by atoms with van der Waals surface area (Å²) in [5, 5.41) is 0. The van der Waals surface area contributed by atoms with Crippen LogP contribution in [0.2, 0.25) is 0 Å². The molecule has 0 amide bonds. The van der Waals surface area contributed by atoms with Gasteiger partial charge in [0.15, 0.2) is 0 Å². The molecule has 0 heteroatoms. The monoisotopic (exact) mass is 204 g/mol. The first kappa shape index (κ1) is 11.0. The van der Waals surface area contributed by atoms with E-state index in [1.807, 2.05) is 0 Å². The molecule has 0 spiro atoms. The average molecular weight is 204 g/mol. The van der Waals surface area contributed by atoms with Crippen molar-refractivity contribution in [1.82, 2.24) is 0 Å². The Morgan fingerprint density at radius 1 is 1.27 bits per heavy atom. The molecule has 2 aliphatic rings. The first-order valence-electron chi connectivity index (χ1n) is 6.54. The number of allylic oxidation sites excluding steroid dienone is 4. The summed E-state index contributed by atoms with van der Waals surface area (Å²) < 4.78 is 0. The van der Waals surface area contributed by atoms with Crippen LogP contribution in [0.25, 0.3) is 0 Å². The van der Waals surface area contributed by atoms with Gasteiger partial charge in [0.2, 0.25) is 0 Å². The Labute approximate surface area is 94.5 Å². The van der Waals surface area contributed by atoms with Gasteiger partial charge in [0.1, 0.15) is 0 Å². The lowest BCUT2D eigenvalue weighted by Gasteiger charge is -2.38. The summed E-state index contributed by atoms with van der Waals surface area (Å²) in [6.45, 7) is 7.22. The first-order valence-corrected chi connectivity index (χ1v) is 6.54. The van der Waals surface area contributed by atoms with Crippen molar-refractivity contribution in [3.8, 4) is 0 Å². The van der Waals surface area contributed by atoms with Crippen molar-refractivity contribution in [2.75, 3.05) is 0 Å². The van der Waals surface area contributed by atoms with Crippen LogP contribution in [0.3, 0.4) is 0 Å². The van der Waals surface area contributed by atoms with Gasteiger partial charge in [0.05, 0.1) is 0 Å². The van der Waals surface area contributed by atoms with Crippen LogP contribution in [0.5, 0.6) is 0 Å². The fourth-order valence-electron chi connectivity index (χ4n) is 3.37. The van der Waals surface area contributed by atoms with Gasteiger partial charge in [-0.3, -0.25) is 0 Å². The average Bonchev–Trinajstić information content (AvgIpc) is 2.69. The molecule has 0 aromatic carbocycles. The fraction of sp³-hybridized carbons (Fsp3) is 0.733. The second kappa shape index (κ2) is 4.55. The Hall–Kier alpha value is -0.520. The Kier molecular flexibility index (Phi) is 3.33. The Morgan fingerprint density at radius 2 is 2.07 bits per heavy atom. The molecule has 2 aliphatic carbocycles. The summed E-state index contributed by atoms with van der Waals surface area (Å²) in [7, 11) is 0. The standard InChI is InChI=1S/C15H24/c1-11(2)14-9-8-12(3)10-15(14)13-6-4-5-7-13/h4-6,11-12,14-15H,7-10H2,1-3H3/t12-,14+,15+/m0/s1. The molecule has 3 atom stereocenters. The lowest BCUT2D eigenvalue weighted by atomic mass is 9.67. The fourth-order valence-corrected chi connectivity index (χ4v) is 3.37. The van der Waals surface area contributed by atoms with E-state index in [1.165, 1.54) is 25.7 Å². The molecule has 0 aromatic heterocycles. The van der Waals surface area contributed by atoms with E-state index in [0.29, 0.717) is 0 Å². The smallest absolute Gasteiger partial charge is 0.0130 e. The summed E-state index contributed by atoms with van der Waals surface area (Å²) in [5.41, 5.74) is 1.71. The molecule has 0 nitrogen and oxygen atoms in total. The van der Waals surface area contributed by atoms with Crippen molar-refractivity contribution in [3.63, 3.8) is 0 Å². The van der Waals surface area contributed by atoms with E-state index in [1.54, 1.807) is 5.57 Å². The van der Waals surface area contributed by atoms with Crippen LogP contribution >= 0.6 is 0 Å². The zero-order valence-corrected chi connectivity index (χ0v) is 10.4. The largest absolute Gasteiger partial charge is 0.0805 e. The highest BCUT2D eigenvalue weighted by molar-refractivity contribution is 5.26. The molecule has 84 valence electrons. The second-order valence-electron chi connectivity index (χ2n) is 5.81. The van der Waals surface area contributed by atoms with Gasteiger partial charge in [0, 0.05) is 0 Å². The zero-order valence-electron chi connectivity index (χ0n) is 10.4. The third-order valence-electron chi connectivity index (χ3n) is 4.30. The molecule has 0 saturated heterocycles. The van der Waals surface area contributed by atoms with Crippen molar-refractivity contribution in [2.24, 2.45) is 23.7 Å². The summed E-state index contributed by atoms with van der Waals surface area (Å²) in [6, 6.07) is 0. The van der Waals surface area contributed by atoms with Crippen molar-refractivity contribution in [3.05, 3.63) is 23.8 Å². The lowest BCUT2D eigenvalue weighted by Crippen LogP contribution is -2.28. The van der Waals surface area contributed by atoms with Crippen molar-refractivity contribution in [2.45, 2.75) is 46.5 Å². The highest BCUT2D eigenvalue weighted by Gasteiger charge is 2.32. The highest BCUT2D eigenvalue weighted by atomic mass is 14.4. The normalized spacial score (nSPS) is 36.0. The van der Waals surface area contributed by atoms with E-state index >= 15 is 0 Å². The van der Waals surface area contributed by atoms with Gasteiger partial charge in [-0.1, -0.05) is 51.0 Å². The maximum Gasteiger partial charge on any atom is -0.0130 e. The summed E-state index contributed by atoms with van der Waals surface area (Å²) in [5.74, 6) is 3.60. The van der Waals surface area contributed by atoms with Crippen molar-refractivity contribution in [1.29, 1.82) is 0 Å². The van der Waals surface area contributed by atoms with Crippen molar-refractivity contribution < 1.29 is 0 Å². The molecule has 1 saturated carbocycles. The van der Waals surface area contributed by atoms with Crippen LogP contribution in [0.15, 0.2) is 23.8 Å². The first-order chi connectivity index (χ1) is 7.18. The molecule has 0 aliphatic heterocycles. The summed E-state index contributed by atoms with van der Waals surface area (Å²) in [4.78, 5) is 0. The molecular weight excluding hydrogens is 180 g/mol. The molecule has 0 radical (unpaired) electrons. The van der Waals surface area contributed by atoms with Crippen molar-refractivity contribution >= 4 is 0 Å². The molecule has 0 bridgehead atoms. The van der Waals surface area contributed by atoms with Gasteiger partial charge in [-0.15, -0.1) is 0 Å². The SMILES string of the molecule is CC(C)[C@H]1CC[C@H](C)C[C@@H]1C1=CC=CC1. The Bertz CT molecular complexity index is 270. The quantitative estimate of drug-likeness (QED) is 0.617. The third-order valence-corrected chi connectivity index (χ3v) is 4.30. The Balaban J connectivity index is 2.09. The van der Waals surface area contributed by atoms with Crippen LogP contribution in [0.1, 0.15) is 46.5 Å². The third kappa shape index (κ3) is 2.35. The van der Waals surface area contributed by atoms with Gasteiger partial charge >= 0.3 is 0 Å². The van der Waals surface area contributed by atoms with Gasteiger partial charge in [-0.05, 0) is 42.9 Å². The molecule has 0 unspecified atom stereocenters. The van der Waals surface area contributed by atoms with E-state index in [9.17, 15) is 0 Å². The summed E-state index contributed by atoms with van der Waals surface area (Å²) >= 11 is 0. The van der Waals surface area contributed by atoms with Crippen LogP contribution in [0, 0.1) is 23.7 Å². The lowest BCUT2D eigenvalue weighted by molar-refractivity contribution is 0.169. The van der Waals surface area contributed by atoms with Gasteiger partial charge in [-0.25, -0.2) is 0 Å². The second-order valence-corrected chi connectivity index (χ2v) is 5.81. The molecule has 0 N–H and O–H groups in total.